The predicted molar refractivity (Wildman–Crippen MR) is 113 cm³/mol. The topological polar surface area (TPSA) is 73.0 Å². The summed E-state index contributed by atoms with van der Waals surface area (Å²) in [5.41, 5.74) is 3.32. The van der Waals surface area contributed by atoms with Crippen LogP contribution in [-0.4, -0.2) is 43.2 Å². The van der Waals surface area contributed by atoms with Crippen molar-refractivity contribution >= 4 is 22.5 Å². The Morgan fingerprint density at radius 3 is 2.66 bits per heavy atom. The minimum Gasteiger partial charge on any atom is -0.334 e. The summed E-state index contributed by atoms with van der Waals surface area (Å²) in [5, 5.41) is 4.91. The third-order valence-electron chi connectivity index (χ3n) is 5.57. The molecule has 0 unspecified atom stereocenters. The van der Waals surface area contributed by atoms with E-state index in [2.05, 4.69) is 20.7 Å². The average Bonchev–Trinajstić information content (AvgIpc) is 3.13. The summed E-state index contributed by atoms with van der Waals surface area (Å²) in [4.78, 5) is 31.4. The molecule has 1 aliphatic heterocycles. The van der Waals surface area contributed by atoms with Crippen LogP contribution in [0, 0.1) is 6.92 Å². The van der Waals surface area contributed by atoms with Gasteiger partial charge >= 0.3 is 0 Å². The number of amides is 1. The van der Waals surface area contributed by atoms with Crippen LogP contribution >= 0.6 is 0 Å². The van der Waals surface area contributed by atoms with Crippen molar-refractivity contribution in [1.29, 1.82) is 0 Å². The summed E-state index contributed by atoms with van der Waals surface area (Å²) < 4.78 is 3.92. The number of hydrogen-bond acceptors (Lipinski definition) is 4. The lowest BCUT2D eigenvalue weighted by Crippen LogP contribution is -2.36. The third-order valence-corrected chi connectivity index (χ3v) is 5.57. The van der Waals surface area contributed by atoms with Crippen LogP contribution in [-0.2, 0) is 13.0 Å². The molecule has 0 N–H and O–H groups in total. The first kappa shape index (κ1) is 19.1. The number of carbonyl (C=O) groups excluding carboxylic acids is 1. The van der Waals surface area contributed by atoms with Gasteiger partial charge in [0.05, 0.1) is 22.7 Å². The normalized spacial score (nSPS) is 14.3. The number of fused-ring (bicyclic) bond motifs is 1. The van der Waals surface area contributed by atoms with E-state index in [9.17, 15) is 9.59 Å². The third kappa shape index (κ3) is 3.26. The van der Waals surface area contributed by atoms with Gasteiger partial charge in [-0.3, -0.25) is 14.3 Å². The lowest BCUT2D eigenvalue weighted by atomic mass is 10.1. The van der Waals surface area contributed by atoms with Gasteiger partial charge in [-0.15, -0.1) is 0 Å². The fourth-order valence-electron chi connectivity index (χ4n) is 3.97. The van der Waals surface area contributed by atoms with Crippen LogP contribution in [0.3, 0.4) is 0 Å². The Kier molecular flexibility index (Phi) is 5.05. The van der Waals surface area contributed by atoms with Gasteiger partial charge in [0.15, 0.2) is 0 Å². The van der Waals surface area contributed by atoms with Crippen molar-refractivity contribution in [1.82, 2.24) is 24.2 Å². The van der Waals surface area contributed by atoms with E-state index < -0.39 is 0 Å². The average molecular weight is 391 g/mol. The molecule has 0 saturated heterocycles. The SMILES string of the molecule is CCc1nc(=O)c2ccccc2n1C1=CCN(C(=O)c2cnn(CC)c2C)CC1. The zero-order valence-corrected chi connectivity index (χ0v) is 17.1. The van der Waals surface area contributed by atoms with Gasteiger partial charge in [-0.1, -0.05) is 19.1 Å². The second-order valence-electron chi connectivity index (χ2n) is 7.20. The molecule has 29 heavy (non-hydrogen) atoms. The Bertz CT molecular complexity index is 1170. The minimum atomic E-state index is -0.190. The van der Waals surface area contributed by atoms with Crippen LogP contribution in [0.4, 0.5) is 0 Å². The quantitative estimate of drug-likeness (QED) is 0.686. The van der Waals surface area contributed by atoms with Crippen LogP contribution < -0.4 is 5.56 Å². The number of rotatable bonds is 4. The molecule has 3 aromatic rings. The molecule has 0 atom stereocenters. The fraction of sp³-hybridized carbons (Fsp3) is 0.364. The first-order valence-electron chi connectivity index (χ1n) is 10.1. The van der Waals surface area contributed by atoms with E-state index in [0.29, 0.717) is 36.9 Å². The zero-order valence-electron chi connectivity index (χ0n) is 17.1. The zero-order chi connectivity index (χ0) is 20.5. The summed E-state index contributed by atoms with van der Waals surface area (Å²) in [6, 6.07) is 7.56. The monoisotopic (exact) mass is 391 g/mol. The van der Waals surface area contributed by atoms with E-state index in [1.807, 2.05) is 54.6 Å². The maximum absolute atomic E-state index is 13.0. The highest BCUT2D eigenvalue weighted by atomic mass is 16.2. The summed E-state index contributed by atoms with van der Waals surface area (Å²) in [6.45, 7) is 7.83. The second-order valence-corrected chi connectivity index (χ2v) is 7.20. The molecule has 0 saturated carbocycles. The number of para-hydroxylation sites is 1. The lowest BCUT2D eigenvalue weighted by Gasteiger charge is -2.28. The molecule has 1 aliphatic rings. The number of nitrogens with zero attached hydrogens (tertiary/aromatic N) is 5. The van der Waals surface area contributed by atoms with Crippen LogP contribution in [0.5, 0.6) is 0 Å². The lowest BCUT2D eigenvalue weighted by molar-refractivity contribution is 0.0771. The summed E-state index contributed by atoms with van der Waals surface area (Å²) in [7, 11) is 0. The van der Waals surface area contributed by atoms with E-state index in [1.54, 1.807) is 6.20 Å². The van der Waals surface area contributed by atoms with E-state index >= 15 is 0 Å². The minimum absolute atomic E-state index is 0.0103. The van der Waals surface area contributed by atoms with Crippen LogP contribution in [0.1, 0.15) is 42.1 Å². The Morgan fingerprint density at radius 1 is 1.21 bits per heavy atom. The van der Waals surface area contributed by atoms with Crippen molar-refractivity contribution in [3.63, 3.8) is 0 Å². The van der Waals surface area contributed by atoms with E-state index in [4.69, 9.17) is 0 Å². The highest BCUT2D eigenvalue weighted by Gasteiger charge is 2.24. The van der Waals surface area contributed by atoms with Crippen molar-refractivity contribution in [3.8, 4) is 0 Å². The van der Waals surface area contributed by atoms with Gasteiger partial charge in [0.2, 0.25) is 0 Å². The Balaban J connectivity index is 1.67. The maximum atomic E-state index is 13.0. The summed E-state index contributed by atoms with van der Waals surface area (Å²) in [5.74, 6) is 0.760. The number of benzene rings is 1. The fourth-order valence-corrected chi connectivity index (χ4v) is 3.97. The molecule has 150 valence electrons. The predicted octanol–water partition coefficient (Wildman–Crippen LogP) is 2.87. The number of aromatic nitrogens is 4. The van der Waals surface area contributed by atoms with Crippen molar-refractivity contribution in [2.75, 3.05) is 13.1 Å². The molecule has 7 nitrogen and oxygen atoms in total. The highest BCUT2D eigenvalue weighted by Crippen LogP contribution is 2.24. The molecular formula is C22H25N5O2. The number of hydrogen-bond donors (Lipinski definition) is 0. The molecule has 0 spiro atoms. The molecule has 2 aromatic heterocycles. The maximum Gasteiger partial charge on any atom is 0.280 e. The number of aryl methyl sites for hydroxylation is 2. The van der Waals surface area contributed by atoms with Gasteiger partial charge in [0, 0.05) is 43.9 Å². The second kappa shape index (κ2) is 7.66. The van der Waals surface area contributed by atoms with Crippen LogP contribution in [0.25, 0.3) is 16.6 Å². The van der Waals surface area contributed by atoms with Gasteiger partial charge in [-0.2, -0.15) is 10.1 Å². The summed E-state index contributed by atoms with van der Waals surface area (Å²) in [6.07, 6.45) is 5.09. The van der Waals surface area contributed by atoms with Crippen LogP contribution in [0.2, 0.25) is 0 Å². The Morgan fingerprint density at radius 2 is 2.00 bits per heavy atom. The Hall–Kier alpha value is -3.22. The first-order chi connectivity index (χ1) is 14.0. The van der Waals surface area contributed by atoms with Crippen molar-refractivity contribution in [3.05, 3.63) is 64.0 Å². The van der Waals surface area contributed by atoms with E-state index in [-0.39, 0.29) is 11.5 Å². The van der Waals surface area contributed by atoms with Crippen molar-refractivity contribution in [2.45, 2.75) is 40.2 Å². The van der Waals surface area contributed by atoms with Gasteiger partial charge in [0.25, 0.3) is 11.5 Å². The van der Waals surface area contributed by atoms with Gasteiger partial charge in [-0.25, -0.2) is 0 Å². The highest BCUT2D eigenvalue weighted by molar-refractivity contribution is 5.95. The molecule has 0 aliphatic carbocycles. The molecule has 4 rings (SSSR count). The standard InChI is InChI=1S/C22H25N5O2/c1-4-20-24-21(28)17-8-6-7-9-19(17)27(20)16-10-12-25(13-11-16)22(29)18-14-23-26(5-2)15(18)3/h6-10,14H,4-5,11-13H2,1-3H3. The van der Waals surface area contributed by atoms with Crippen molar-refractivity contribution < 1.29 is 4.79 Å². The molecule has 0 fully saturated rings. The molecular weight excluding hydrogens is 366 g/mol. The Labute approximate surface area is 169 Å². The molecule has 0 radical (unpaired) electrons. The number of carbonyl (C=O) groups is 1. The van der Waals surface area contributed by atoms with E-state index in [0.717, 1.165) is 29.3 Å². The largest absolute Gasteiger partial charge is 0.334 e. The van der Waals surface area contributed by atoms with Gasteiger partial charge in [0.1, 0.15) is 5.82 Å². The molecule has 7 heteroatoms. The van der Waals surface area contributed by atoms with Gasteiger partial charge < -0.3 is 9.47 Å². The van der Waals surface area contributed by atoms with E-state index in [1.165, 1.54) is 0 Å². The smallest absolute Gasteiger partial charge is 0.280 e. The van der Waals surface area contributed by atoms with Crippen LogP contribution in [0.15, 0.2) is 41.3 Å². The first-order valence-corrected chi connectivity index (χ1v) is 10.1. The van der Waals surface area contributed by atoms with Gasteiger partial charge in [-0.05, 0) is 32.1 Å². The molecule has 1 amide bonds. The van der Waals surface area contributed by atoms with Crippen molar-refractivity contribution in [2.24, 2.45) is 0 Å². The molecule has 1 aromatic carbocycles. The molecule has 0 bridgehead atoms. The molecule has 3 heterocycles. The summed E-state index contributed by atoms with van der Waals surface area (Å²) >= 11 is 0.